The Morgan fingerprint density at radius 1 is 1.36 bits per heavy atom. The van der Waals surface area contributed by atoms with Crippen molar-refractivity contribution in [3.8, 4) is 0 Å². The lowest BCUT2D eigenvalue weighted by Crippen LogP contribution is -2.33. The molecule has 0 aromatic carbocycles. The van der Waals surface area contributed by atoms with Crippen LogP contribution in [-0.2, 0) is 34.5 Å². The number of fused-ring (bicyclic) bond motifs is 1. The van der Waals surface area contributed by atoms with Crippen molar-refractivity contribution in [2.24, 2.45) is 13.0 Å². The predicted octanol–water partition coefficient (Wildman–Crippen LogP) is -2.05. The zero-order valence-corrected chi connectivity index (χ0v) is 19.0. The van der Waals surface area contributed by atoms with Gasteiger partial charge in [-0.2, -0.15) is 9.29 Å². The molecule has 1 aliphatic heterocycles. The smallest absolute Gasteiger partial charge is 0.388 e. The molecule has 33 heavy (non-hydrogen) atoms. The summed E-state index contributed by atoms with van der Waals surface area (Å²) in [6, 6.07) is 0. The Hall–Kier alpha value is -2.20. The van der Waals surface area contributed by atoms with Crippen LogP contribution in [-0.4, -0.2) is 70.7 Å². The third kappa shape index (κ3) is 5.48. The lowest BCUT2D eigenvalue weighted by molar-refractivity contribution is -0.122. The summed E-state index contributed by atoms with van der Waals surface area (Å²) < 4.78 is 38.9. The number of carbonyl (C=O) groups excluding carboxylic acids is 1. The van der Waals surface area contributed by atoms with Crippen LogP contribution in [0.2, 0.25) is 0 Å². The van der Waals surface area contributed by atoms with Gasteiger partial charge in [0, 0.05) is 26.4 Å². The van der Waals surface area contributed by atoms with Crippen molar-refractivity contribution in [2.45, 2.75) is 24.9 Å². The van der Waals surface area contributed by atoms with E-state index in [2.05, 4.69) is 24.1 Å². The van der Waals surface area contributed by atoms with Crippen molar-refractivity contribution in [1.29, 1.82) is 0 Å². The number of aliphatic hydroxyl groups excluding tert-OH is 1. The Labute approximate surface area is 185 Å². The fourth-order valence-electron chi connectivity index (χ4n) is 3.33. The quantitative estimate of drug-likeness (QED) is 0.208. The monoisotopic (exact) mass is 512 g/mol. The van der Waals surface area contributed by atoms with Crippen LogP contribution in [0, 0.1) is 5.92 Å². The summed E-state index contributed by atoms with van der Waals surface area (Å²) in [6.07, 6.45) is -3.04. The number of imidazole rings is 1. The minimum Gasteiger partial charge on any atom is -0.388 e. The lowest BCUT2D eigenvalue weighted by atomic mass is 9.94. The number of nitrogen functional groups attached to an aromatic ring is 1. The zero-order chi connectivity index (χ0) is 24.7. The van der Waals surface area contributed by atoms with Crippen LogP contribution in [0.15, 0.2) is 11.1 Å². The maximum Gasteiger partial charge on any atom is 0.481 e. The van der Waals surface area contributed by atoms with E-state index < -0.39 is 58.1 Å². The molecule has 17 nitrogen and oxygen atoms in total. The molecule has 1 saturated heterocycles. The van der Waals surface area contributed by atoms with Gasteiger partial charge in [-0.15, -0.1) is 0 Å². The minimum absolute atomic E-state index is 0.0161. The number of nitrogens with zero attached hydrogens (tertiary/aromatic N) is 4. The van der Waals surface area contributed by atoms with Crippen LogP contribution in [0.3, 0.4) is 0 Å². The van der Waals surface area contributed by atoms with Crippen molar-refractivity contribution >= 4 is 38.7 Å². The summed E-state index contributed by atoms with van der Waals surface area (Å²) in [4.78, 5) is 59.3. The maximum absolute atomic E-state index is 12.4. The van der Waals surface area contributed by atoms with E-state index >= 15 is 0 Å². The van der Waals surface area contributed by atoms with Gasteiger partial charge < -0.3 is 35.6 Å². The van der Waals surface area contributed by atoms with E-state index in [1.165, 1.54) is 25.0 Å². The number of aliphatic hydroxyl groups is 1. The fraction of sp³-hybridized carbons (Fsp3) is 0.571. The van der Waals surface area contributed by atoms with Crippen molar-refractivity contribution in [1.82, 2.24) is 24.4 Å². The van der Waals surface area contributed by atoms with Gasteiger partial charge in [-0.1, -0.05) is 0 Å². The number of amides is 1. The average Bonchev–Trinajstić information content (AvgIpc) is 3.24. The SMILES string of the molecule is CNC(=O)C[C@H]1[C@@H](O)[C@H](n2cnc3c(=O)n(C)c(N)nc32)O[C@@H]1COP(=O)(O)OP(=O)(O)O. The second-order valence-electron chi connectivity index (χ2n) is 7.09. The molecule has 1 amide bonds. The molecule has 0 radical (unpaired) electrons. The summed E-state index contributed by atoms with van der Waals surface area (Å²) in [5.74, 6) is -1.65. The number of ether oxygens (including phenoxy) is 1. The van der Waals surface area contributed by atoms with Gasteiger partial charge in [-0.25, -0.2) is 14.1 Å². The van der Waals surface area contributed by atoms with Crippen molar-refractivity contribution in [2.75, 3.05) is 19.4 Å². The van der Waals surface area contributed by atoms with Crippen molar-refractivity contribution in [3.63, 3.8) is 0 Å². The van der Waals surface area contributed by atoms with Gasteiger partial charge in [0.15, 0.2) is 17.4 Å². The van der Waals surface area contributed by atoms with Crippen LogP contribution >= 0.6 is 15.6 Å². The second kappa shape index (κ2) is 9.21. The van der Waals surface area contributed by atoms with Gasteiger partial charge in [-0.05, 0) is 0 Å². The number of carbonyl (C=O) groups is 1. The van der Waals surface area contributed by atoms with Gasteiger partial charge in [-0.3, -0.25) is 23.2 Å². The first-order chi connectivity index (χ1) is 15.2. The molecule has 0 spiro atoms. The first-order valence-electron chi connectivity index (χ1n) is 9.21. The molecule has 3 rings (SSSR count). The molecule has 2 aromatic rings. The molecule has 0 aliphatic carbocycles. The van der Waals surface area contributed by atoms with E-state index in [-0.39, 0.29) is 23.5 Å². The van der Waals surface area contributed by atoms with E-state index in [1.807, 2.05) is 0 Å². The Morgan fingerprint density at radius 3 is 2.64 bits per heavy atom. The van der Waals surface area contributed by atoms with Gasteiger partial charge in [0.2, 0.25) is 11.9 Å². The minimum atomic E-state index is -5.35. The molecule has 3 heterocycles. The van der Waals surface area contributed by atoms with E-state index in [4.69, 9.17) is 20.3 Å². The van der Waals surface area contributed by atoms with E-state index in [1.54, 1.807) is 0 Å². The molecule has 1 fully saturated rings. The highest BCUT2D eigenvalue weighted by Gasteiger charge is 2.47. The number of aromatic nitrogens is 4. The topological polar surface area (TPSA) is 251 Å². The van der Waals surface area contributed by atoms with Crippen LogP contribution in [0.25, 0.3) is 11.2 Å². The van der Waals surface area contributed by atoms with E-state index in [0.717, 1.165) is 4.57 Å². The largest absolute Gasteiger partial charge is 0.481 e. The van der Waals surface area contributed by atoms with E-state index in [0.29, 0.717) is 0 Å². The highest BCUT2D eigenvalue weighted by atomic mass is 31.3. The summed E-state index contributed by atoms with van der Waals surface area (Å²) in [5, 5.41) is 13.2. The summed E-state index contributed by atoms with van der Waals surface area (Å²) in [6.45, 7) is -0.785. The number of phosphoric ester groups is 1. The number of nitrogens with two attached hydrogens (primary N) is 1. The molecule has 1 unspecified atom stereocenters. The third-order valence-electron chi connectivity index (χ3n) is 4.95. The third-order valence-corrected chi connectivity index (χ3v) is 7.10. The molecule has 2 aromatic heterocycles. The number of phosphoric acid groups is 2. The fourth-order valence-corrected chi connectivity index (χ4v) is 4.93. The molecular weight excluding hydrogens is 490 g/mol. The number of hydrogen-bond acceptors (Lipinski definition) is 11. The standard InChI is InChI=1S/C14H22N6O11P2/c1-16-8(21)3-6-7(4-29-33(27,28)31-32(24,25)26)30-13(10(6)22)20-5-17-9-11(20)18-14(15)19(2)12(9)23/h5-7,10,13,22H,3-4H2,1-2H3,(H2,15,18)(H,16,21)(H,27,28)(H2,24,25,26)/t6-,7-,10-,13-/m1/s1. The van der Waals surface area contributed by atoms with E-state index in [9.17, 15) is 28.7 Å². The first-order valence-corrected chi connectivity index (χ1v) is 12.2. The van der Waals surface area contributed by atoms with Crippen LogP contribution in [0.1, 0.15) is 12.6 Å². The van der Waals surface area contributed by atoms with Gasteiger partial charge >= 0.3 is 15.6 Å². The number of nitrogens with one attached hydrogen (secondary N) is 1. The number of anilines is 1. The number of rotatable bonds is 8. The Kier molecular flexibility index (Phi) is 7.10. The normalized spacial score (nSPS) is 25.3. The summed E-state index contributed by atoms with van der Waals surface area (Å²) in [5.41, 5.74) is 5.09. The Morgan fingerprint density at radius 2 is 2.03 bits per heavy atom. The first kappa shape index (κ1) is 25.4. The summed E-state index contributed by atoms with van der Waals surface area (Å²) in [7, 11) is -7.81. The Balaban J connectivity index is 1.91. The molecule has 184 valence electrons. The highest BCUT2D eigenvalue weighted by Crippen LogP contribution is 2.58. The van der Waals surface area contributed by atoms with Gasteiger partial charge in [0.05, 0.1) is 19.0 Å². The van der Waals surface area contributed by atoms with Gasteiger partial charge in [0.25, 0.3) is 5.56 Å². The van der Waals surface area contributed by atoms with Crippen LogP contribution in [0.4, 0.5) is 5.95 Å². The number of hydrogen-bond donors (Lipinski definition) is 6. The summed E-state index contributed by atoms with van der Waals surface area (Å²) >= 11 is 0. The van der Waals surface area contributed by atoms with Gasteiger partial charge in [0.1, 0.15) is 6.10 Å². The van der Waals surface area contributed by atoms with Crippen molar-refractivity contribution in [3.05, 3.63) is 16.7 Å². The molecule has 5 atom stereocenters. The zero-order valence-electron chi connectivity index (χ0n) is 17.2. The predicted molar refractivity (Wildman–Crippen MR) is 108 cm³/mol. The van der Waals surface area contributed by atoms with Crippen molar-refractivity contribution < 1.29 is 47.3 Å². The average molecular weight is 512 g/mol. The Bertz CT molecular complexity index is 1210. The lowest BCUT2D eigenvalue weighted by Gasteiger charge is -2.20. The maximum atomic E-state index is 12.4. The molecule has 1 aliphatic rings. The van der Waals surface area contributed by atoms with Crippen LogP contribution < -0.4 is 16.6 Å². The molecule has 0 bridgehead atoms. The highest BCUT2D eigenvalue weighted by molar-refractivity contribution is 7.60. The molecule has 7 N–H and O–H groups in total. The molecular formula is C14H22N6O11P2. The van der Waals surface area contributed by atoms with Crippen LogP contribution in [0.5, 0.6) is 0 Å². The molecule has 19 heteroatoms. The molecule has 0 saturated carbocycles. The second-order valence-corrected chi connectivity index (χ2v) is 9.92.